The highest BCUT2D eigenvalue weighted by atomic mass is 35.5. The molecule has 1 aromatic heterocycles. The summed E-state index contributed by atoms with van der Waals surface area (Å²) in [6.07, 6.45) is 0.0251. The van der Waals surface area contributed by atoms with Crippen molar-refractivity contribution < 1.29 is 14.1 Å². The molecule has 88 valence electrons. The van der Waals surface area contributed by atoms with E-state index in [2.05, 4.69) is 10.1 Å². The Kier molecular flexibility index (Phi) is 9.35. The number of esters is 1. The van der Waals surface area contributed by atoms with Crippen LogP contribution in [0.1, 0.15) is 18.6 Å². The van der Waals surface area contributed by atoms with E-state index in [9.17, 15) is 4.79 Å². The van der Waals surface area contributed by atoms with Gasteiger partial charge in [0.15, 0.2) is 5.82 Å². The Morgan fingerprint density at radius 1 is 1.53 bits per heavy atom. The van der Waals surface area contributed by atoms with Gasteiger partial charge >= 0.3 is 5.97 Å². The number of carbonyl (C=O) groups is 1. The molecular weight excluding hydrogens is 245 g/mol. The SMILES string of the molecule is CCOC(=O)Cc1noc(CN)n1.Cl.Cl. The molecule has 15 heavy (non-hydrogen) atoms. The minimum atomic E-state index is -0.369. The van der Waals surface area contributed by atoms with Gasteiger partial charge in [-0.05, 0) is 6.92 Å². The highest BCUT2D eigenvalue weighted by Crippen LogP contribution is 1.97. The molecule has 0 aliphatic carbocycles. The van der Waals surface area contributed by atoms with E-state index in [1.54, 1.807) is 6.92 Å². The van der Waals surface area contributed by atoms with E-state index >= 15 is 0 Å². The summed E-state index contributed by atoms with van der Waals surface area (Å²) in [7, 11) is 0. The fourth-order valence-corrected chi connectivity index (χ4v) is 0.786. The molecule has 0 amide bonds. The van der Waals surface area contributed by atoms with Gasteiger partial charge in [-0.2, -0.15) is 4.98 Å². The molecule has 0 fully saturated rings. The van der Waals surface area contributed by atoms with Crippen molar-refractivity contribution in [2.75, 3.05) is 6.61 Å². The summed E-state index contributed by atoms with van der Waals surface area (Å²) in [5.41, 5.74) is 5.24. The first-order valence-corrected chi connectivity index (χ1v) is 3.93. The van der Waals surface area contributed by atoms with Gasteiger partial charge in [0.05, 0.1) is 13.2 Å². The van der Waals surface area contributed by atoms with Crippen LogP contribution in [-0.4, -0.2) is 22.7 Å². The maximum Gasteiger partial charge on any atom is 0.313 e. The van der Waals surface area contributed by atoms with Crippen molar-refractivity contribution in [2.45, 2.75) is 19.9 Å². The standard InChI is InChI=1S/C7H11N3O3.2ClH/c1-2-12-7(11)3-5-9-6(4-8)13-10-5;;/h2-4,8H2,1H3;2*1H. The van der Waals surface area contributed by atoms with Crippen LogP contribution in [0, 0.1) is 0 Å². The van der Waals surface area contributed by atoms with Crippen molar-refractivity contribution in [1.82, 2.24) is 10.1 Å². The van der Waals surface area contributed by atoms with Crippen molar-refractivity contribution in [2.24, 2.45) is 5.73 Å². The summed E-state index contributed by atoms with van der Waals surface area (Å²) in [5, 5.41) is 3.54. The van der Waals surface area contributed by atoms with Crippen LogP contribution in [0.3, 0.4) is 0 Å². The monoisotopic (exact) mass is 257 g/mol. The number of ether oxygens (including phenoxy) is 1. The van der Waals surface area contributed by atoms with Crippen molar-refractivity contribution in [3.05, 3.63) is 11.7 Å². The molecule has 0 atom stereocenters. The molecule has 0 radical (unpaired) electrons. The topological polar surface area (TPSA) is 91.2 Å². The third-order valence-electron chi connectivity index (χ3n) is 1.29. The highest BCUT2D eigenvalue weighted by molar-refractivity contribution is 5.85. The molecule has 0 aliphatic rings. The van der Waals surface area contributed by atoms with Crippen LogP contribution < -0.4 is 5.73 Å². The summed E-state index contributed by atoms with van der Waals surface area (Å²) in [6, 6.07) is 0. The minimum Gasteiger partial charge on any atom is -0.466 e. The zero-order valence-corrected chi connectivity index (χ0v) is 9.77. The normalized spacial score (nSPS) is 8.67. The highest BCUT2D eigenvalue weighted by Gasteiger charge is 2.10. The van der Waals surface area contributed by atoms with Gasteiger partial charge in [-0.1, -0.05) is 5.16 Å². The summed E-state index contributed by atoms with van der Waals surface area (Å²) >= 11 is 0. The summed E-state index contributed by atoms with van der Waals surface area (Å²) in [4.78, 5) is 14.8. The Morgan fingerprint density at radius 2 is 2.20 bits per heavy atom. The first-order chi connectivity index (χ1) is 6.26. The van der Waals surface area contributed by atoms with Gasteiger partial charge in [0.2, 0.25) is 5.89 Å². The molecule has 6 nitrogen and oxygen atoms in total. The molecule has 8 heteroatoms. The molecule has 0 unspecified atom stereocenters. The van der Waals surface area contributed by atoms with E-state index < -0.39 is 0 Å². The Balaban J connectivity index is 0. The van der Waals surface area contributed by atoms with Crippen molar-refractivity contribution in [3.63, 3.8) is 0 Å². The van der Waals surface area contributed by atoms with Crippen LogP contribution in [0.2, 0.25) is 0 Å². The number of hydrogen-bond donors (Lipinski definition) is 1. The molecule has 0 saturated heterocycles. The van der Waals surface area contributed by atoms with Crippen LogP contribution in [0.4, 0.5) is 0 Å². The number of carbonyl (C=O) groups excluding carboxylic acids is 1. The molecule has 0 aliphatic heterocycles. The second-order valence-corrected chi connectivity index (χ2v) is 2.29. The van der Waals surface area contributed by atoms with Crippen LogP contribution in [0.25, 0.3) is 0 Å². The van der Waals surface area contributed by atoms with Gasteiger partial charge in [0, 0.05) is 0 Å². The fraction of sp³-hybridized carbons (Fsp3) is 0.571. The predicted octanol–water partition coefficient (Wildman–Crippen LogP) is 0.477. The van der Waals surface area contributed by atoms with Gasteiger partial charge in [-0.25, -0.2) is 0 Å². The molecule has 1 rings (SSSR count). The second-order valence-electron chi connectivity index (χ2n) is 2.29. The molecular formula is C7H13Cl2N3O3. The largest absolute Gasteiger partial charge is 0.466 e. The number of nitrogens with zero attached hydrogens (tertiary/aromatic N) is 2. The molecule has 0 spiro atoms. The number of nitrogens with two attached hydrogens (primary N) is 1. The average molecular weight is 258 g/mol. The van der Waals surface area contributed by atoms with Crippen LogP contribution in [0.15, 0.2) is 4.52 Å². The number of halogens is 2. The molecule has 0 aromatic carbocycles. The zero-order valence-electron chi connectivity index (χ0n) is 8.13. The maximum atomic E-state index is 10.9. The molecule has 2 N–H and O–H groups in total. The third-order valence-corrected chi connectivity index (χ3v) is 1.29. The minimum absolute atomic E-state index is 0. The summed E-state index contributed by atoms with van der Waals surface area (Å²) in [6.45, 7) is 2.26. The average Bonchev–Trinajstić information content (AvgIpc) is 2.52. The lowest BCUT2D eigenvalue weighted by molar-refractivity contribution is -0.142. The van der Waals surface area contributed by atoms with E-state index in [0.29, 0.717) is 18.3 Å². The first-order valence-electron chi connectivity index (χ1n) is 3.93. The smallest absolute Gasteiger partial charge is 0.313 e. The van der Waals surface area contributed by atoms with E-state index in [0.717, 1.165) is 0 Å². The van der Waals surface area contributed by atoms with Crippen molar-refractivity contribution in [1.29, 1.82) is 0 Å². The van der Waals surface area contributed by atoms with Crippen LogP contribution >= 0.6 is 24.8 Å². The van der Waals surface area contributed by atoms with E-state index in [1.807, 2.05) is 0 Å². The lowest BCUT2D eigenvalue weighted by Gasteiger charge is -1.96. The van der Waals surface area contributed by atoms with Crippen molar-refractivity contribution >= 4 is 30.8 Å². The Hall–Kier alpha value is -0.850. The summed E-state index contributed by atoms with van der Waals surface area (Å²) < 4.78 is 9.40. The zero-order chi connectivity index (χ0) is 9.68. The van der Waals surface area contributed by atoms with Crippen LogP contribution in [0.5, 0.6) is 0 Å². The van der Waals surface area contributed by atoms with Gasteiger partial charge in [-0.3, -0.25) is 4.79 Å². The van der Waals surface area contributed by atoms with Gasteiger partial charge in [-0.15, -0.1) is 24.8 Å². The Morgan fingerprint density at radius 3 is 2.67 bits per heavy atom. The third kappa shape index (κ3) is 5.56. The fourth-order valence-electron chi connectivity index (χ4n) is 0.786. The molecule has 0 bridgehead atoms. The van der Waals surface area contributed by atoms with E-state index in [4.69, 9.17) is 15.0 Å². The number of hydrogen-bond acceptors (Lipinski definition) is 6. The van der Waals surface area contributed by atoms with Gasteiger partial charge in [0.25, 0.3) is 0 Å². The number of aromatic nitrogens is 2. The van der Waals surface area contributed by atoms with Gasteiger partial charge in [0.1, 0.15) is 6.42 Å². The predicted molar refractivity (Wildman–Crippen MR) is 57.0 cm³/mol. The lowest BCUT2D eigenvalue weighted by Crippen LogP contribution is -2.08. The van der Waals surface area contributed by atoms with E-state index in [-0.39, 0.29) is 43.7 Å². The molecule has 1 aromatic rings. The van der Waals surface area contributed by atoms with Crippen LogP contribution in [-0.2, 0) is 22.5 Å². The van der Waals surface area contributed by atoms with Gasteiger partial charge < -0.3 is 15.0 Å². The quantitative estimate of drug-likeness (QED) is 0.789. The lowest BCUT2D eigenvalue weighted by atomic mass is 10.4. The first kappa shape index (κ1) is 16.6. The Bertz CT molecular complexity index is 293. The summed E-state index contributed by atoms with van der Waals surface area (Å²) in [5.74, 6) is 0.255. The molecule has 0 saturated carbocycles. The number of rotatable bonds is 4. The van der Waals surface area contributed by atoms with E-state index in [1.165, 1.54) is 0 Å². The Labute approximate surface area is 99.4 Å². The van der Waals surface area contributed by atoms with Crippen molar-refractivity contribution in [3.8, 4) is 0 Å². The maximum absolute atomic E-state index is 10.9. The molecule has 1 heterocycles. The second kappa shape index (κ2) is 8.46.